The molecule has 6 nitrogen and oxygen atoms in total. The number of carbonyl (C=O) groups is 1. The van der Waals surface area contributed by atoms with Gasteiger partial charge >= 0.3 is 0 Å². The molecule has 1 atom stereocenters. The number of aryl methyl sites for hydroxylation is 1. The van der Waals surface area contributed by atoms with Crippen molar-refractivity contribution in [1.29, 1.82) is 0 Å². The van der Waals surface area contributed by atoms with Gasteiger partial charge in [0.05, 0.1) is 27.8 Å². The number of halogens is 1. The van der Waals surface area contributed by atoms with Crippen LogP contribution in [0.5, 0.6) is 0 Å². The number of sulfonamides is 1. The van der Waals surface area contributed by atoms with Gasteiger partial charge in [-0.15, -0.1) is 0 Å². The van der Waals surface area contributed by atoms with Gasteiger partial charge in [-0.3, -0.25) is 9.52 Å². The Morgan fingerprint density at radius 1 is 1.11 bits per heavy atom. The van der Waals surface area contributed by atoms with Gasteiger partial charge in [-0.25, -0.2) is 8.42 Å². The number of hydrogen-bond donors (Lipinski definition) is 2. The van der Waals surface area contributed by atoms with Gasteiger partial charge in [0.2, 0.25) is 0 Å². The minimum atomic E-state index is -3.88. The number of rotatable bonds is 6. The van der Waals surface area contributed by atoms with Gasteiger partial charge in [-0.05, 0) is 61.9 Å². The molecule has 0 fully saturated rings. The smallest absolute Gasteiger partial charge is 0.261 e. The van der Waals surface area contributed by atoms with Crippen molar-refractivity contribution >= 4 is 33.2 Å². The fraction of sp³-hybridized carbons (Fsp3) is 0.150. The summed E-state index contributed by atoms with van der Waals surface area (Å²) < 4.78 is 33.2. The Balaban J connectivity index is 1.85. The normalized spacial score (nSPS) is 12.4. The zero-order valence-electron chi connectivity index (χ0n) is 15.3. The fourth-order valence-corrected chi connectivity index (χ4v) is 3.93. The Morgan fingerprint density at radius 2 is 1.89 bits per heavy atom. The summed E-state index contributed by atoms with van der Waals surface area (Å²) in [6.45, 7) is 3.62. The van der Waals surface area contributed by atoms with Crippen LogP contribution in [0.25, 0.3) is 0 Å². The van der Waals surface area contributed by atoms with Crippen LogP contribution in [0.2, 0.25) is 5.02 Å². The summed E-state index contributed by atoms with van der Waals surface area (Å²) in [7, 11) is -3.88. The van der Waals surface area contributed by atoms with Gasteiger partial charge < -0.3 is 9.73 Å². The maximum Gasteiger partial charge on any atom is 0.261 e. The Hall–Kier alpha value is -2.77. The molecule has 2 N–H and O–H groups in total. The summed E-state index contributed by atoms with van der Waals surface area (Å²) in [5.41, 5.74) is 1.42. The lowest BCUT2D eigenvalue weighted by atomic mass is 10.2. The van der Waals surface area contributed by atoms with Crippen LogP contribution in [0.1, 0.15) is 34.6 Å². The predicted molar refractivity (Wildman–Crippen MR) is 108 cm³/mol. The standard InChI is InChI=1S/C20H19ClN2O4S/c1-13-5-3-6-15(11-13)23-28(25,26)16-8-9-18(21)17(12-16)20(24)22-14(2)19-7-4-10-27-19/h3-12,14,23H,1-2H3,(H,22,24)/t14-/m0/s1. The summed E-state index contributed by atoms with van der Waals surface area (Å²) in [5.74, 6) is 0.0795. The van der Waals surface area contributed by atoms with Gasteiger partial charge in [0, 0.05) is 5.69 Å². The van der Waals surface area contributed by atoms with Crippen LogP contribution in [-0.2, 0) is 10.0 Å². The molecule has 0 bridgehead atoms. The maximum absolute atomic E-state index is 12.7. The second-order valence-electron chi connectivity index (χ2n) is 6.33. The van der Waals surface area contributed by atoms with E-state index in [1.165, 1.54) is 24.5 Å². The summed E-state index contributed by atoms with van der Waals surface area (Å²) in [5, 5.41) is 2.89. The number of anilines is 1. The van der Waals surface area contributed by atoms with Crippen LogP contribution in [0, 0.1) is 6.92 Å². The molecule has 0 radical (unpaired) electrons. The van der Waals surface area contributed by atoms with E-state index >= 15 is 0 Å². The molecule has 0 saturated heterocycles. The molecule has 28 heavy (non-hydrogen) atoms. The summed E-state index contributed by atoms with van der Waals surface area (Å²) in [6.07, 6.45) is 1.51. The minimum Gasteiger partial charge on any atom is -0.467 e. The zero-order valence-corrected chi connectivity index (χ0v) is 16.8. The number of benzene rings is 2. The highest BCUT2D eigenvalue weighted by Crippen LogP contribution is 2.24. The minimum absolute atomic E-state index is 0.0609. The van der Waals surface area contributed by atoms with E-state index in [1.54, 1.807) is 37.3 Å². The maximum atomic E-state index is 12.7. The topological polar surface area (TPSA) is 88.4 Å². The van der Waals surface area contributed by atoms with Crippen molar-refractivity contribution in [2.24, 2.45) is 0 Å². The highest BCUT2D eigenvalue weighted by atomic mass is 35.5. The molecular weight excluding hydrogens is 400 g/mol. The summed E-state index contributed by atoms with van der Waals surface area (Å²) in [4.78, 5) is 12.5. The van der Waals surface area contributed by atoms with Crippen molar-refractivity contribution in [1.82, 2.24) is 5.32 Å². The molecule has 0 unspecified atom stereocenters. The molecule has 3 aromatic rings. The molecule has 1 heterocycles. The molecule has 3 rings (SSSR count). The first-order valence-electron chi connectivity index (χ1n) is 8.49. The Labute approximate surface area is 168 Å². The number of carbonyl (C=O) groups excluding carboxylic acids is 1. The lowest BCUT2D eigenvalue weighted by molar-refractivity contribution is 0.0935. The van der Waals surface area contributed by atoms with Crippen LogP contribution in [0.15, 0.2) is 70.2 Å². The molecule has 1 amide bonds. The van der Waals surface area contributed by atoms with Crippen LogP contribution in [0.3, 0.4) is 0 Å². The van der Waals surface area contributed by atoms with Crippen molar-refractivity contribution in [2.45, 2.75) is 24.8 Å². The fourth-order valence-electron chi connectivity index (χ4n) is 2.65. The van der Waals surface area contributed by atoms with E-state index in [1.807, 2.05) is 13.0 Å². The first-order valence-corrected chi connectivity index (χ1v) is 10.4. The third kappa shape index (κ3) is 4.55. The van der Waals surface area contributed by atoms with Crippen LogP contribution < -0.4 is 10.0 Å². The molecule has 0 saturated carbocycles. The summed E-state index contributed by atoms with van der Waals surface area (Å²) in [6, 6.07) is 14.0. The van der Waals surface area contributed by atoms with Crippen molar-refractivity contribution < 1.29 is 17.6 Å². The molecule has 1 aromatic heterocycles. The number of amides is 1. The van der Waals surface area contributed by atoms with Gasteiger partial charge in [0.15, 0.2) is 0 Å². The van der Waals surface area contributed by atoms with E-state index in [4.69, 9.17) is 16.0 Å². The second kappa shape index (κ2) is 8.08. The Morgan fingerprint density at radius 3 is 2.57 bits per heavy atom. The molecule has 0 aliphatic rings. The molecule has 0 aliphatic heterocycles. The first kappa shape index (κ1) is 20.0. The third-order valence-corrected chi connectivity index (χ3v) is 5.79. The van der Waals surface area contributed by atoms with Crippen molar-refractivity contribution in [3.63, 3.8) is 0 Å². The molecule has 8 heteroatoms. The number of hydrogen-bond acceptors (Lipinski definition) is 4. The van der Waals surface area contributed by atoms with E-state index in [9.17, 15) is 13.2 Å². The summed E-state index contributed by atoms with van der Waals surface area (Å²) >= 11 is 6.13. The van der Waals surface area contributed by atoms with E-state index in [0.717, 1.165) is 5.56 Å². The highest BCUT2D eigenvalue weighted by molar-refractivity contribution is 7.92. The predicted octanol–water partition coefficient (Wildman–Crippen LogP) is 4.53. The molecular formula is C20H19ClN2O4S. The van der Waals surface area contributed by atoms with Crippen molar-refractivity contribution in [2.75, 3.05) is 4.72 Å². The SMILES string of the molecule is Cc1cccc(NS(=O)(=O)c2ccc(Cl)c(C(=O)N[C@@H](C)c3ccco3)c2)c1. The quantitative estimate of drug-likeness (QED) is 0.615. The van der Waals surface area contributed by atoms with E-state index < -0.39 is 22.0 Å². The highest BCUT2D eigenvalue weighted by Gasteiger charge is 2.21. The van der Waals surface area contributed by atoms with E-state index in [-0.39, 0.29) is 15.5 Å². The Bertz CT molecular complexity index is 1100. The van der Waals surface area contributed by atoms with E-state index in [0.29, 0.717) is 11.4 Å². The lowest BCUT2D eigenvalue weighted by Gasteiger charge is -2.14. The van der Waals surface area contributed by atoms with Crippen LogP contribution in [0.4, 0.5) is 5.69 Å². The van der Waals surface area contributed by atoms with Gasteiger partial charge in [0.1, 0.15) is 5.76 Å². The molecule has 146 valence electrons. The average molecular weight is 419 g/mol. The van der Waals surface area contributed by atoms with Crippen molar-refractivity contribution in [3.05, 3.63) is 82.8 Å². The third-order valence-electron chi connectivity index (χ3n) is 4.08. The van der Waals surface area contributed by atoms with Crippen LogP contribution in [-0.4, -0.2) is 14.3 Å². The average Bonchev–Trinajstić information content (AvgIpc) is 3.16. The van der Waals surface area contributed by atoms with Gasteiger partial charge in [-0.2, -0.15) is 0 Å². The first-order chi connectivity index (χ1) is 13.3. The number of nitrogens with one attached hydrogen (secondary N) is 2. The Kier molecular flexibility index (Phi) is 5.76. The largest absolute Gasteiger partial charge is 0.467 e. The van der Waals surface area contributed by atoms with E-state index in [2.05, 4.69) is 10.0 Å². The molecule has 0 spiro atoms. The molecule has 2 aromatic carbocycles. The molecule has 0 aliphatic carbocycles. The van der Waals surface area contributed by atoms with Crippen LogP contribution >= 0.6 is 11.6 Å². The van der Waals surface area contributed by atoms with Gasteiger partial charge in [0.25, 0.3) is 15.9 Å². The second-order valence-corrected chi connectivity index (χ2v) is 8.42. The van der Waals surface area contributed by atoms with Gasteiger partial charge in [-0.1, -0.05) is 23.7 Å². The zero-order chi connectivity index (χ0) is 20.3. The lowest BCUT2D eigenvalue weighted by Crippen LogP contribution is -2.27. The monoisotopic (exact) mass is 418 g/mol. The number of furan rings is 1. The van der Waals surface area contributed by atoms with Crippen molar-refractivity contribution in [3.8, 4) is 0 Å².